The summed E-state index contributed by atoms with van der Waals surface area (Å²) in [6, 6.07) is 15.5. The van der Waals surface area contributed by atoms with E-state index in [1.807, 2.05) is 42.5 Å². The van der Waals surface area contributed by atoms with E-state index in [0.29, 0.717) is 27.2 Å². The molecule has 0 atom stereocenters. The van der Waals surface area contributed by atoms with Gasteiger partial charge in [0.1, 0.15) is 0 Å². The van der Waals surface area contributed by atoms with Crippen molar-refractivity contribution in [1.29, 1.82) is 0 Å². The predicted octanol–water partition coefficient (Wildman–Crippen LogP) is 4.96. The van der Waals surface area contributed by atoms with Gasteiger partial charge >= 0.3 is 0 Å². The summed E-state index contributed by atoms with van der Waals surface area (Å²) in [5, 5.41) is 4.13. The molecule has 0 unspecified atom stereocenters. The van der Waals surface area contributed by atoms with Crippen LogP contribution in [0.15, 0.2) is 48.5 Å². The van der Waals surface area contributed by atoms with Crippen molar-refractivity contribution in [3.63, 3.8) is 0 Å². The molecule has 0 aliphatic carbocycles. The molecule has 3 rings (SSSR count). The van der Waals surface area contributed by atoms with Crippen LogP contribution in [0.1, 0.15) is 5.56 Å². The van der Waals surface area contributed by atoms with E-state index in [1.54, 1.807) is 10.7 Å². The maximum atomic E-state index is 6.21. The van der Waals surface area contributed by atoms with E-state index in [2.05, 4.69) is 10.1 Å². The van der Waals surface area contributed by atoms with Crippen LogP contribution in [0.3, 0.4) is 0 Å². The molecule has 0 bridgehead atoms. The van der Waals surface area contributed by atoms with Crippen molar-refractivity contribution in [3.05, 3.63) is 68.9 Å². The SMILES string of the molecule is S=c1nc(-c2cccc(Cl)c2Cl)[nH]n1Cc1ccccc1. The normalized spacial score (nSPS) is 10.8. The minimum absolute atomic E-state index is 0.467. The first kappa shape index (κ1) is 14.3. The molecule has 0 aliphatic heterocycles. The van der Waals surface area contributed by atoms with E-state index in [0.717, 1.165) is 11.1 Å². The van der Waals surface area contributed by atoms with E-state index >= 15 is 0 Å². The third-order valence-corrected chi connectivity index (χ3v) is 4.20. The van der Waals surface area contributed by atoms with Crippen LogP contribution in [0.5, 0.6) is 0 Å². The van der Waals surface area contributed by atoms with Gasteiger partial charge in [0.25, 0.3) is 0 Å². The molecule has 1 N–H and O–H groups in total. The van der Waals surface area contributed by atoms with Crippen molar-refractivity contribution in [3.8, 4) is 11.4 Å². The summed E-state index contributed by atoms with van der Waals surface area (Å²) in [5.41, 5.74) is 1.88. The molecule has 0 fully saturated rings. The van der Waals surface area contributed by atoms with Crippen LogP contribution in [0, 0.1) is 4.77 Å². The number of hydrogen-bond donors (Lipinski definition) is 1. The highest BCUT2D eigenvalue weighted by Gasteiger charge is 2.11. The second-order valence-corrected chi connectivity index (χ2v) is 5.68. The van der Waals surface area contributed by atoms with Crippen molar-refractivity contribution in [2.75, 3.05) is 0 Å². The van der Waals surface area contributed by atoms with Crippen LogP contribution in [-0.4, -0.2) is 14.8 Å². The van der Waals surface area contributed by atoms with Crippen molar-refractivity contribution in [1.82, 2.24) is 14.8 Å². The molecule has 3 aromatic rings. The van der Waals surface area contributed by atoms with Gasteiger partial charge in [-0.25, -0.2) is 0 Å². The van der Waals surface area contributed by atoms with E-state index in [1.165, 1.54) is 0 Å². The molecule has 3 nitrogen and oxygen atoms in total. The summed E-state index contributed by atoms with van der Waals surface area (Å²) in [4.78, 5) is 4.36. The average molecular weight is 336 g/mol. The molecule has 0 saturated carbocycles. The molecule has 1 heterocycles. The number of aromatic nitrogens is 3. The number of H-pyrrole nitrogens is 1. The van der Waals surface area contributed by atoms with Crippen LogP contribution >= 0.6 is 35.4 Å². The highest BCUT2D eigenvalue weighted by atomic mass is 35.5. The van der Waals surface area contributed by atoms with Gasteiger partial charge in [0.2, 0.25) is 4.77 Å². The van der Waals surface area contributed by atoms with E-state index in [-0.39, 0.29) is 0 Å². The lowest BCUT2D eigenvalue weighted by Gasteiger charge is -2.03. The molecule has 1 aromatic heterocycles. The summed E-state index contributed by atoms with van der Waals surface area (Å²) >= 11 is 17.5. The number of halogens is 2. The van der Waals surface area contributed by atoms with Gasteiger partial charge in [0.05, 0.1) is 16.6 Å². The zero-order valence-corrected chi connectivity index (χ0v) is 13.2. The Bertz CT molecular complexity index is 824. The monoisotopic (exact) mass is 335 g/mol. The quantitative estimate of drug-likeness (QED) is 0.686. The fraction of sp³-hybridized carbons (Fsp3) is 0.0667. The zero-order valence-electron chi connectivity index (χ0n) is 10.9. The van der Waals surface area contributed by atoms with Crippen molar-refractivity contribution in [2.45, 2.75) is 6.54 Å². The largest absolute Gasteiger partial charge is 0.279 e. The fourth-order valence-electron chi connectivity index (χ4n) is 2.04. The lowest BCUT2D eigenvalue weighted by atomic mass is 10.2. The number of hydrogen-bond acceptors (Lipinski definition) is 2. The average Bonchev–Trinajstić information content (AvgIpc) is 2.84. The molecular weight excluding hydrogens is 325 g/mol. The molecule has 0 spiro atoms. The third kappa shape index (κ3) is 3.02. The van der Waals surface area contributed by atoms with Crippen molar-refractivity contribution >= 4 is 35.4 Å². The minimum atomic E-state index is 0.467. The van der Waals surface area contributed by atoms with Crippen LogP contribution in [-0.2, 0) is 6.54 Å². The Balaban J connectivity index is 1.98. The van der Waals surface area contributed by atoms with Crippen LogP contribution < -0.4 is 0 Å². The number of benzene rings is 2. The van der Waals surface area contributed by atoms with Gasteiger partial charge in [-0.15, -0.1) is 0 Å². The molecule has 106 valence electrons. The first-order valence-electron chi connectivity index (χ1n) is 6.30. The van der Waals surface area contributed by atoms with E-state index < -0.39 is 0 Å². The highest BCUT2D eigenvalue weighted by molar-refractivity contribution is 7.71. The van der Waals surface area contributed by atoms with Crippen LogP contribution in [0.2, 0.25) is 10.0 Å². The second-order valence-electron chi connectivity index (χ2n) is 4.53. The van der Waals surface area contributed by atoms with Gasteiger partial charge in [-0.2, -0.15) is 4.98 Å². The lowest BCUT2D eigenvalue weighted by Crippen LogP contribution is -2.01. The fourth-order valence-corrected chi connectivity index (χ4v) is 2.63. The summed E-state index contributed by atoms with van der Waals surface area (Å²) < 4.78 is 2.28. The first-order valence-corrected chi connectivity index (χ1v) is 7.47. The molecular formula is C15H11Cl2N3S. The Hall–Kier alpha value is -1.62. The zero-order chi connectivity index (χ0) is 14.8. The van der Waals surface area contributed by atoms with Crippen molar-refractivity contribution in [2.24, 2.45) is 0 Å². The van der Waals surface area contributed by atoms with Gasteiger partial charge < -0.3 is 0 Å². The molecule has 0 amide bonds. The summed E-state index contributed by atoms with van der Waals surface area (Å²) in [7, 11) is 0. The van der Waals surface area contributed by atoms with Gasteiger partial charge in [0.15, 0.2) is 5.82 Å². The maximum absolute atomic E-state index is 6.21. The Kier molecular flexibility index (Phi) is 4.10. The smallest absolute Gasteiger partial charge is 0.216 e. The molecule has 21 heavy (non-hydrogen) atoms. The Labute approximate surface area is 137 Å². The topological polar surface area (TPSA) is 33.6 Å². The highest BCUT2D eigenvalue weighted by Crippen LogP contribution is 2.31. The molecule has 6 heteroatoms. The molecule has 0 saturated heterocycles. The maximum Gasteiger partial charge on any atom is 0.216 e. The summed E-state index contributed by atoms with van der Waals surface area (Å²) in [5.74, 6) is 0.614. The summed E-state index contributed by atoms with van der Waals surface area (Å²) in [6.07, 6.45) is 0. The van der Waals surface area contributed by atoms with E-state index in [9.17, 15) is 0 Å². The number of nitrogens with zero attached hydrogens (tertiary/aromatic N) is 2. The minimum Gasteiger partial charge on any atom is -0.279 e. The molecule has 0 aliphatic rings. The van der Waals surface area contributed by atoms with Gasteiger partial charge in [-0.1, -0.05) is 59.6 Å². The van der Waals surface area contributed by atoms with Gasteiger partial charge in [0, 0.05) is 5.56 Å². The number of aromatic amines is 1. The van der Waals surface area contributed by atoms with Crippen LogP contribution in [0.25, 0.3) is 11.4 Å². The van der Waals surface area contributed by atoms with Gasteiger partial charge in [-0.05, 0) is 29.9 Å². The Morgan fingerprint density at radius 1 is 1.05 bits per heavy atom. The first-order chi connectivity index (χ1) is 10.1. The number of rotatable bonds is 3. The van der Waals surface area contributed by atoms with Crippen LogP contribution in [0.4, 0.5) is 0 Å². The van der Waals surface area contributed by atoms with Crippen molar-refractivity contribution < 1.29 is 0 Å². The Morgan fingerprint density at radius 3 is 2.57 bits per heavy atom. The van der Waals surface area contributed by atoms with Gasteiger partial charge in [-0.3, -0.25) is 9.78 Å². The predicted molar refractivity (Wildman–Crippen MR) is 88.4 cm³/mol. The molecule has 2 aromatic carbocycles. The molecule has 0 radical (unpaired) electrons. The lowest BCUT2D eigenvalue weighted by molar-refractivity contribution is 0.677. The van der Waals surface area contributed by atoms with E-state index in [4.69, 9.17) is 35.4 Å². The second kappa shape index (κ2) is 6.02. The Morgan fingerprint density at radius 2 is 1.81 bits per heavy atom. The summed E-state index contributed by atoms with van der Waals surface area (Å²) in [6.45, 7) is 0.630. The standard InChI is InChI=1S/C15H11Cl2N3S/c16-12-8-4-7-11(13(12)17)14-18-15(21)20(19-14)9-10-5-2-1-3-6-10/h1-8H,9H2,(H,18,19,21). The third-order valence-electron chi connectivity index (χ3n) is 3.07. The number of nitrogens with one attached hydrogen (secondary N) is 1.